The molecule has 6 N–H and O–H groups in total. The van der Waals surface area contributed by atoms with Gasteiger partial charge in [-0.2, -0.15) is 13.2 Å². The third kappa shape index (κ3) is 7.99. The number of hydrogen-bond acceptors (Lipinski definition) is 9. The molecule has 37 heavy (non-hydrogen) atoms. The Hall–Kier alpha value is -4.53. The van der Waals surface area contributed by atoms with Gasteiger partial charge in [0.15, 0.2) is 5.96 Å². The Morgan fingerprint density at radius 2 is 1.81 bits per heavy atom. The predicted molar refractivity (Wildman–Crippen MR) is 128 cm³/mol. The predicted octanol–water partition coefficient (Wildman–Crippen LogP) is 1.82. The van der Waals surface area contributed by atoms with Crippen molar-refractivity contribution < 1.29 is 32.3 Å². The number of rotatable bonds is 9. The monoisotopic (exact) mass is 535 g/mol. The number of hydrogen-bond donors (Lipinski definition) is 4. The largest absolute Gasteiger partial charge is 0.491 e. The summed E-state index contributed by atoms with van der Waals surface area (Å²) in [7, 11) is 0. The first-order valence-electron chi connectivity index (χ1n) is 10.4. The van der Waals surface area contributed by atoms with E-state index >= 15 is 0 Å². The lowest BCUT2D eigenvalue weighted by molar-refractivity contribution is -0.202. The number of aliphatic imine (C=N–C) groups is 1. The van der Waals surface area contributed by atoms with E-state index < -0.39 is 36.6 Å². The molecule has 0 spiro atoms. The summed E-state index contributed by atoms with van der Waals surface area (Å²) in [5.74, 6) is -5.03. The normalized spacial score (nSPS) is 11.8. The number of aromatic nitrogens is 2. The number of alkyl halides is 3. The minimum Gasteiger partial charge on any atom is -0.385 e. The van der Waals surface area contributed by atoms with Gasteiger partial charge in [0, 0.05) is 23.8 Å². The quantitative estimate of drug-likeness (QED) is 0.138. The molecule has 0 radical (unpaired) electrons. The minimum absolute atomic E-state index is 0.0428. The molecule has 1 atom stereocenters. The van der Waals surface area contributed by atoms with Crippen LogP contribution in [0, 0.1) is 0 Å². The lowest BCUT2D eigenvalue weighted by atomic mass is 10.1. The maximum Gasteiger partial charge on any atom is 0.491 e. The van der Waals surface area contributed by atoms with Crippen molar-refractivity contribution in [3.05, 3.63) is 65.3 Å². The van der Waals surface area contributed by atoms with Crippen LogP contribution in [0.25, 0.3) is 10.4 Å². The average Bonchev–Trinajstić information content (AvgIpc) is 3.36. The zero-order valence-electron chi connectivity index (χ0n) is 18.9. The number of thiophene rings is 1. The molecule has 11 nitrogen and oxygen atoms in total. The fourth-order valence-corrected chi connectivity index (χ4v) is 3.76. The van der Waals surface area contributed by atoms with Crippen molar-refractivity contribution in [1.29, 1.82) is 0 Å². The Kier molecular flexibility index (Phi) is 8.73. The molecular weight excluding hydrogens is 515 g/mol. The van der Waals surface area contributed by atoms with Gasteiger partial charge in [-0.25, -0.2) is 24.5 Å². The average molecular weight is 536 g/mol. The Morgan fingerprint density at radius 1 is 1.08 bits per heavy atom. The van der Waals surface area contributed by atoms with Crippen LogP contribution < -0.4 is 22.1 Å². The number of benzene rings is 1. The summed E-state index contributed by atoms with van der Waals surface area (Å²) in [6.45, 7) is -0.246. The lowest BCUT2D eigenvalue weighted by Gasteiger charge is -2.17. The van der Waals surface area contributed by atoms with E-state index in [1.165, 1.54) is 18.5 Å². The summed E-state index contributed by atoms with van der Waals surface area (Å²) in [5, 5.41) is 4.88. The molecule has 2 heterocycles. The van der Waals surface area contributed by atoms with Gasteiger partial charge >= 0.3 is 18.1 Å². The maximum absolute atomic E-state index is 12.7. The van der Waals surface area contributed by atoms with E-state index in [2.05, 4.69) is 30.3 Å². The summed E-state index contributed by atoms with van der Waals surface area (Å²) in [4.78, 5) is 48.6. The Bertz CT molecular complexity index is 1290. The van der Waals surface area contributed by atoms with E-state index in [0.717, 1.165) is 27.3 Å². The molecule has 0 fully saturated rings. The van der Waals surface area contributed by atoms with Crippen LogP contribution in [0.2, 0.25) is 0 Å². The van der Waals surface area contributed by atoms with E-state index in [1.807, 2.05) is 24.3 Å². The van der Waals surface area contributed by atoms with Crippen LogP contribution in [0.4, 0.5) is 19.1 Å². The first-order valence-corrected chi connectivity index (χ1v) is 11.2. The van der Waals surface area contributed by atoms with Gasteiger partial charge in [0.05, 0.1) is 11.4 Å². The first-order chi connectivity index (χ1) is 17.5. The minimum atomic E-state index is -5.37. The van der Waals surface area contributed by atoms with Crippen molar-refractivity contribution in [3.63, 3.8) is 0 Å². The second kappa shape index (κ2) is 11.9. The van der Waals surface area contributed by atoms with Crippen molar-refractivity contribution in [3.8, 4) is 10.4 Å². The summed E-state index contributed by atoms with van der Waals surface area (Å²) < 4.78 is 41.5. The van der Waals surface area contributed by atoms with Crippen LogP contribution in [0.15, 0.2) is 59.9 Å². The van der Waals surface area contributed by atoms with E-state index in [0.29, 0.717) is 0 Å². The molecule has 0 saturated heterocycles. The second-order valence-electron chi connectivity index (χ2n) is 7.29. The highest BCUT2D eigenvalue weighted by Gasteiger charge is 2.43. The number of esters is 2. The van der Waals surface area contributed by atoms with Crippen LogP contribution in [0.3, 0.4) is 0 Å². The fourth-order valence-electron chi connectivity index (χ4n) is 2.85. The molecule has 1 amide bonds. The van der Waals surface area contributed by atoms with Gasteiger partial charge < -0.3 is 26.8 Å². The molecule has 3 rings (SSSR count). The highest BCUT2D eigenvalue weighted by atomic mass is 32.1. The summed E-state index contributed by atoms with van der Waals surface area (Å²) in [6.07, 6.45) is -2.74. The molecule has 3 aromatic rings. The Labute approximate surface area is 211 Å². The molecule has 0 bridgehead atoms. The Morgan fingerprint density at radius 3 is 2.49 bits per heavy atom. The highest BCUT2D eigenvalue weighted by molar-refractivity contribution is 7.17. The molecule has 0 aliphatic heterocycles. The number of guanidine groups is 1. The van der Waals surface area contributed by atoms with Crippen molar-refractivity contribution >= 4 is 41.1 Å². The van der Waals surface area contributed by atoms with E-state index in [1.54, 1.807) is 12.1 Å². The molecule has 2 aromatic heterocycles. The molecule has 1 unspecified atom stereocenters. The molecule has 1 aromatic carbocycles. The van der Waals surface area contributed by atoms with Gasteiger partial charge in [0.1, 0.15) is 6.04 Å². The van der Waals surface area contributed by atoms with Crippen LogP contribution in [0.1, 0.15) is 15.2 Å². The third-order valence-corrected chi connectivity index (χ3v) is 5.66. The second-order valence-corrected chi connectivity index (χ2v) is 8.37. The summed E-state index contributed by atoms with van der Waals surface area (Å²) in [6, 6.07) is 10.5. The molecule has 0 aliphatic rings. The third-order valence-electron chi connectivity index (χ3n) is 4.53. The van der Waals surface area contributed by atoms with Gasteiger partial charge in [-0.3, -0.25) is 4.79 Å². The summed E-state index contributed by atoms with van der Waals surface area (Å²) in [5.41, 5.74) is 12.4. The van der Waals surface area contributed by atoms with E-state index in [9.17, 15) is 27.6 Å². The van der Waals surface area contributed by atoms with E-state index in [4.69, 9.17) is 11.5 Å². The fraction of sp³-hybridized carbons (Fsp3) is 0.182. The molecular formula is C22H20F3N7O4S. The molecule has 15 heteroatoms. The number of nitrogens with two attached hydrogens (primary N) is 2. The summed E-state index contributed by atoms with van der Waals surface area (Å²) >= 11 is 1.14. The maximum atomic E-state index is 12.7. The van der Waals surface area contributed by atoms with Gasteiger partial charge in [-0.05, 0) is 35.4 Å². The van der Waals surface area contributed by atoms with Crippen LogP contribution in [-0.2, 0) is 20.9 Å². The smallest absolute Gasteiger partial charge is 0.385 e. The molecule has 194 valence electrons. The number of nitrogens with one attached hydrogen (secondary N) is 2. The number of anilines is 1. The number of carbonyl (C=O) groups excluding carboxylic acids is 3. The van der Waals surface area contributed by atoms with Crippen LogP contribution in [0.5, 0.6) is 0 Å². The first kappa shape index (κ1) is 27.1. The lowest BCUT2D eigenvalue weighted by Crippen LogP contribution is -2.44. The van der Waals surface area contributed by atoms with Gasteiger partial charge in [-0.15, -0.1) is 11.3 Å². The van der Waals surface area contributed by atoms with Crippen molar-refractivity contribution in [2.75, 3.05) is 11.9 Å². The zero-order chi connectivity index (χ0) is 27.0. The van der Waals surface area contributed by atoms with Gasteiger partial charge in [0.25, 0.3) is 5.91 Å². The Balaban J connectivity index is 1.69. The topological polar surface area (TPSA) is 175 Å². The van der Waals surface area contributed by atoms with Crippen molar-refractivity contribution in [2.24, 2.45) is 16.5 Å². The van der Waals surface area contributed by atoms with E-state index in [-0.39, 0.29) is 23.3 Å². The zero-order valence-corrected chi connectivity index (χ0v) is 19.7. The van der Waals surface area contributed by atoms with Gasteiger partial charge in [0.2, 0.25) is 5.95 Å². The molecule has 0 saturated carbocycles. The number of ether oxygens (including phenoxy) is 1. The van der Waals surface area contributed by atoms with Crippen LogP contribution in [-0.4, -0.2) is 52.5 Å². The molecule has 0 aliphatic carbocycles. The number of amides is 1. The van der Waals surface area contributed by atoms with Crippen molar-refractivity contribution in [2.45, 2.75) is 18.8 Å². The number of nitrogens with zero attached hydrogens (tertiary/aromatic N) is 3. The number of carbonyl (C=O) groups is 3. The SMILES string of the molecule is NC(N)=NCc1cccc(-c2ccc(C(=O)NCC(Nc3ncccn3)C(=O)OC(=O)C(F)(F)F)s2)c1. The van der Waals surface area contributed by atoms with Crippen molar-refractivity contribution in [1.82, 2.24) is 15.3 Å². The van der Waals surface area contributed by atoms with Crippen LogP contribution >= 0.6 is 11.3 Å². The van der Waals surface area contributed by atoms with Gasteiger partial charge in [-0.1, -0.05) is 18.2 Å². The standard InChI is InChI=1S/C22H20F3N7O4S/c23-22(24,25)19(35)36-18(34)14(32-21-28-7-2-8-29-21)11-30-17(33)16-6-5-15(37-16)13-4-1-3-12(9-13)10-31-20(26)27/h1-9,14H,10-11H2,(H,30,33)(H4,26,27,31)(H,28,29,32). The highest BCUT2D eigenvalue weighted by Crippen LogP contribution is 2.29. The number of halogens is 3.